The Balaban J connectivity index is 1.34. The second kappa shape index (κ2) is 11.1. The van der Waals surface area contributed by atoms with Crippen molar-refractivity contribution in [3.8, 4) is 5.75 Å². The molecule has 1 amide bonds. The van der Waals surface area contributed by atoms with Crippen molar-refractivity contribution in [2.45, 2.75) is 12.8 Å². The molecule has 192 valence electrons. The highest BCUT2D eigenvalue weighted by molar-refractivity contribution is 6.02. The van der Waals surface area contributed by atoms with E-state index in [1.165, 1.54) is 0 Å². The zero-order chi connectivity index (χ0) is 26.5. The number of benzene rings is 3. The number of amides is 1. The summed E-state index contributed by atoms with van der Waals surface area (Å²) in [6.45, 7) is 2.48. The highest BCUT2D eigenvalue weighted by Crippen LogP contribution is 2.28. The van der Waals surface area contributed by atoms with Crippen LogP contribution in [0.1, 0.15) is 28.8 Å². The van der Waals surface area contributed by atoms with Gasteiger partial charge < -0.3 is 20.8 Å². The van der Waals surface area contributed by atoms with E-state index >= 15 is 0 Å². The number of rotatable bonds is 9. The normalized spacial score (nSPS) is 13.6. The van der Waals surface area contributed by atoms with Crippen molar-refractivity contribution < 1.29 is 14.3 Å². The molecule has 0 saturated heterocycles. The molecule has 38 heavy (non-hydrogen) atoms. The number of allylic oxidation sites excluding steroid dienone is 1. The Labute approximate surface area is 221 Å². The van der Waals surface area contributed by atoms with E-state index in [9.17, 15) is 9.59 Å². The zero-order valence-corrected chi connectivity index (χ0v) is 21.2. The summed E-state index contributed by atoms with van der Waals surface area (Å²) >= 11 is 0. The van der Waals surface area contributed by atoms with Gasteiger partial charge in [-0.1, -0.05) is 30.3 Å². The third-order valence-corrected chi connectivity index (χ3v) is 6.65. The highest BCUT2D eigenvalue weighted by atomic mass is 16.5. The summed E-state index contributed by atoms with van der Waals surface area (Å²) in [5.41, 5.74) is 11.3. The van der Waals surface area contributed by atoms with Gasteiger partial charge in [0.1, 0.15) is 5.75 Å². The average molecular weight is 508 g/mol. The van der Waals surface area contributed by atoms with Crippen LogP contribution in [-0.2, 0) is 4.79 Å². The largest absolute Gasteiger partial charge is 0.497 e. The van der Waals surface area contributed by atoms with Crippen LogP contribution in [0.15, 0.2) is 96.3 Å². The predicted molar refractivity (Wildman–Crippen MR) is 148 cm³/mol. The number of ether oxygens (including phenoxy) is 1. The van der Waals surface area contributed by atoms with Gasteiger partial charge in [0, 0.05) is 53.4 Å². The van der Waals surface area contributed by atoms with Gasteiger partial charge in [0.25, 0.3) is 0 Å². The third-order valence-electron chi connectivity index (χ3n) is 6.65. The van der Waals surface area contributed by atoms with Gasteiger partial charge in [-0.15, -0.1) is 0 Å². The number of anilines is 2. The molecule has 4 aromatic rings. The first kappa shape index (κ1) is 25.0. The van der Waals surface area contributed by atoms with Crippen molar-refractivity contribution >= 4 is 34.0 Å². The molecule has 8 nitrogen and oxygen atoms in total. The van der Waals surface area contributed by atoms with Gasteiger partial charge in [0.15, 0.2) is 5.78 Å². The van der Waals surface area contributed by atoms with E-state index in [-0.39, 0.29) is 18.2 Å². The van der Waals surface area contributed by atoms with Crippen molar-refractivity contribution in [3.05, 3.63) is 107 Å². The molecule has 0 aliphatic carbocycles. The maximum absolute atomic E-state index is 13.6. The molecule has 0 fully saturated rings. The SMILES string of the molecule is COc1ccc2c(Nc3ccc(C(=O)C(CNC(=O)C4=C(C)NNC4)c4ccccc4)cc3)ccnc2c1. The molecule has 5 rings (SSSR count). The molecule has 3 aromatic carbocycles. The number of hydrogen-bond acceptors (Lipinski definition) is 7. The van der Waals surface area contributed by atoms with Crippen molar-refractivity contribution in [1.29, 1.82) is 0 Å². The van der Waals surface area contributed by atoms with Crippen LogP contribution in [0.5, 0.6) is 5.75 Å². The average Bonchev–Trinajstić information content (AvgIpc) is 3.39. The number of hydrogen-bond donors (Lipinski definition) is 4. The minimum atomic E-state index is -0.513. The number of aromatic nitrogens is 1. The Bertz CT molecular complexity index is 1500. The number of nitrogens with one attached hydrogen (secondary N) is 4. The maximum atomic E-state index is 13.6. The van der Waals surface area contributed by atoms with Crippen LogP contribution in [0.25, 0.3) is 10.9 Å². The first-order valence-electron chi connectivity index (χ1n) is 12.4. The molecule has 1 aromatic heterocycles. The fourth-order valence-electron chi connectivity index (χ4n) is 4.51. The number of Topliss-reactive ketones (excluding diaryl/α,β-unsaturated/α-hetero) is 1. The van der Waals surface area contributed by atoms with Crippen LogP contribution in [0, 0.1) is 0 Å². The summed E-state index contributed by atoms with van der Waals surface area (Å²) in [6, 6.07) is 24.6. The summed E-state index contributed by atoms with van der Waals surface area (Å²) in [7, 11) is 1.63. The fourth-order valence-corrected chi connectivity index (χ4v) is 4.51. The Hall–Kier alpha value is -4.69. The molecular weight excluding hydrogens is 478 g/mol. The summed E-state index contributed by atoms with van der Waals surface area (Å²) in [4.78, 5) is 30.8. The van der Waals surface area contributed by atoms with E-state index in [2.05, 4.69) is 26.5 Å². The van der Waals surface area contributed by atoms with E-state index in [0.717, 1.165) is 39.3 Å². The van der Waals surface area contributed by atoms with Gasteiger partial charge in [-0.3, -0.25) is 14.6 Å². The lowest BCUT2D eigenvalue weighted by Gasteiger charge is -2.18. The van der Waals surface area contributed by atoms with Crippen LogP contribution in [0.2, 0.25) is 0 Å². The van der Waals surface area contributed by atoms with E-state index in [1.807, 2.05) is 85.8 Å². The standard InChI is InChI=1S/C30H29N5O3/c1-19-25(18-33-35-19)30(37)32-17-26(20-6-4-3-5-7-20)29(36)21-8-10-22(11-9-21)34-27-14-15-31-28-16-23(38-2)12-13-24(27)28/h3-16,26,33,35H,17-18H2,1-2H3,(H,31,34)(H,32,37). The van der Waals surface area contributed by atoms with E-state index in [1.54, 1.807) is 13.3 Å². The fraction of sp³-hybridized carbons (Fsp3) is 0.167. The van der Waals surface area contributed by atoms with Crippen LogP contribution >= 0.6 is 0 Å². The third kappa shape index (κ3) is 5.35. The van der Waals surface area contributed by atoms with Crippen molar-refractivity contribution in [2.24, 2.45) is 0 Å². The second-order valence-electron chi connectivity index (χ2n) is 9.06. The molecule has 8 heteroatoms. The first-order chi connectivity index (χ1) is 18.5. The Morgan fingerprint density at radius 3 is 2.53 bits per heavy atom. The molecule has 1 aliphatic rings. The summed E-state index contributed by atoms with van der Waals surface area (Å²) < 4.78 is 5.30. The van der Waals surface area contributed by atoms with Crippen LogP contribution in [-0.4, -0.2) is 36.9 Å². The lowest BCUT2D eigenvalue weighted by atomic mass is 9.90. The number of carbonyl (C=O) groups is 2. The number of methoxy groups -OCH3 is 1. The van der Waals surface area contributed by atoms with Crippen molar-refractivity contribution in [3.63, 3.8) is 0 Å². The summed E-state index contributed by atoms with van der Waals surface area (Å²) in [6.07, 6.45) is 1.75. The number of ketones is 1. The molecule has 4 N–H and O–H groups in total. The van der Waals surface area contributed by atoms with Gasteiger partial charge in [-0.25, -0.2) is 5.43 Å². The summed E-state index contributed by atoms with van der Waals surface area (Å²) in [5, 5.41) is 7.33. The van der Waals surface area contributed by atoms with Crippen LogP contribution < -0.4 is 26.2 Å². The van der Waals surface area contributed by atoms with Crippen molar-refractivity contribution in [1.82, 2.24) is 21.2 Å². The number of pyridine rings is 1. The number of carbonyl (C=O) groups excluding carboxylic acids is 2. The maximum Gasteiger partial charge on any atom is 0.250 e. The zero-order valence-electron chi connectivity index (χ0n) is 21.2. The molecule has 2 heterocycles. The second-order valence-corrected chi connectivity index (χ2v) is 9.06. The molecule has 0 bridgehead atoms. The smallest absolute Gasteiger partial charge is 0.250 e. The van der Waals surface area contributed by atoms with Crippen LogP contribution in [0.4, 0.5) is 11.4 Å². The number of fused-ring (bicyclic) bond motifs is 1. The molecule has 1 atom stereocenters. The van der Waals surface area contributed by atoms with Gasteiger partial charge in [-0.2, -0.15) is 0 Å². The van der Waals surface area contributed by atoms with Crippen LogP contribution in [0.3, 0.4) is 0 Å². The molecule has 0 radical (unpaired) electrons. The lowest BCUT2D eigenvalue weighted by molar-refractivity contribution is -0.117. The first-order valence-corrected chi connectivity index (χ1v) is 12.4. The Morgan fingerprint density at radius 2 is 1.82 bits per heavy atom. The molecular formula is C30H29N5O3. The molecule has 1 aliphatic heterocycles. The van der Waals surface area contributed by atoms with Crippen molar-refractivity contribution in [2.75, 3.05) is 25.5 Å². The number of nitrogens with zero attached hydrogens (tertiary/aromatic N) is 1. The van der Waals surface area contributed by atoms with Gasteiger partial charge in [0.05, 0.1) is 24.1 Å². The Morgan fingerprint density at radius 1 is 1.03 bits per heavy atom. The highest BCUT2D eigenvalue weighted by Gasteiger charge is 2.25. The van der Waals surface area contributed by atoms with Gasteiger partial charge >= 0.3 is 0 Å². The molecule has 0 saturated carbocycles. The number of hydrazine groups is 1. The minimum absolute atomic E-state index is 0.0575. The topological polar surface area (TPSA) is 104 Å². The van der Waals surface area contributed by atoms with Gasteiger partial charge in [-0.05, 0) is 55.0 Å². The van der Waals surface area contributed by atoms with Gasteiger partial charge in [0.2, 0.25) is 5.91 Å². The molecule has 1 unspecified atom stereocenters. The Kier molecular flexibility index (Phi) is 7.33. The minimum Gasteiger partial charge on any atom is -0.497 e. The monoisotopic (exact) mass is 507 g/mol. The van der Waals surface area contributed by atoms with E-state index in [0.29, 0.717) is 17.7 Å². The van der Waals surface area contributed by atoms with E-state index in [4.69, 9.17) is 4.74 Å². The quantitative estimate of drug-likeness (QED) is 0.248. The molecule has 0 spiro atoms. The van der Waals surface area contributed by atoms with E-state index < -0.39 is 5.92 Å². The lowest BCUT2D eigenvalue weighted by Crippen LogP contribution is -2.34. The summed E-state index contributed by atoms with van der Waals surface area (Å²) in [5.74, 6) is -0.00715. The predicted octanol–water partition coefficient (Wildman–Crippen LogP) is 4.45.